The molecule has 1 atom stereocenters. The van der Waals surface area contributed by atoms with Crippen LogP contribution in [0.25, 0.3) is 0 Å². The summed E-state index contributed by atoms with van der Waals surface area (Å²) < 4.78 is 11.4. The predicted octanol–water partition coefficient (Wildman–Crippen LogP) is 2.45. The number of hydrogen-bond acceptors (Lipinski definition) is 1. The molecule has 0 N–H and O–H groups in total. The third-order valence-corrected chi connectivity index (χ3v) is 10.6. The normalized spacial score (nSPS) is 11.7. The molecule has 4 rings (SSSR count). The zero-order valence-corrected chi connectivity index (χ0v) is 17.1. The van der Waals surface area contributed by atoms with Crippen molar-refractivity contribution in [1.82, 2.24) is 0 Å². The summed E-state index contributed by atoms with van der Waals surface area (Å²) in [6, 6.07) is 40.9. The first-order valence-electron chi connectivity index (χ1n) is 9.08. The van der Waals surface area contributed by atoms with Gasteiger partial charge in [-0.05, 0) is 20.7 Å². The molecule has 0 fully saturated rings. The molecule has 4 aromatic rings. The van der Waals surface area contributed by atoms with E-state index in [1.807, 2.05) is 12.1 Å². The van der Waals surface area contributed by atoms with Crippen LogP contribution >= 0.6 is 8.46 Å². The Morgan fingerprint density at radius 3 is 1.11 bits per heavy atom. The average molecular weight is 384 g/mol. The Morgan fingerprint density at radius 2 is 0.778 bits per heavy atom. The Hall–Kier alpha value is -2.67. The van der Waals surface area contributed by atoms with E-state index in [4.69, 9.17) is 0 Å². The summed E-state index contributed by atoms with van der Waals surface area (Å²) in [5.41, 5.74) is 0. The van der Waals surface area contributed by atoms with Crippen LogP contribution in [0.4, 0.5) is 0 Å². The molecule has 0 aromatic heterocycles. The molecular formula is C24H21OPSi. The summed E-state index contributed by atoms with van der Waals surface area (Å²) in [6.07, 6.45) is 0. The van der Waals surface area contributed by atoms with E-state index in [-0.39, 0.29) is 0 Å². The summed E-state index contributed by atoms with van der Waals surface area (Å²) in [7, 11) is -3.34. The minimum absolute atomic E-state index is 0.908. The maximum Gasteiger partial charge on any atom is 0.179 e. The van der Waals surface area contributed by atoms with Gasteiger partial charge in [-0.1, -0.05) is 115 Å². The van der Waals surface area contributed by atoms with Gasteiger partial charge in [-0.3, -0.25) is 0 Å². The van der Waals surface area contributed by atoms with Crippen LogP contribution in [0.1, 0.15) is 0 Å². The zero-order chi connectivity index (χ0) is 18.5. The highest BCUT2D eigenvalue weighted by molar-refractivity contribution is 7.34. The van der Waals surface area contributed by atoms with E-state index in [0.29, 0.717) is 0 Å². The van der Waals surface area contributed by atoms with Crippen molar-refractivity contribution in [2.75, 3.05) is 0 Å². The summed E-state index contributed by atoms with van der Waals surface area (Å²) in [6.45, 7) is 0. The molecule has 1 unspecified atom stereocenters. The van der Waals surface area contributed by atoms with Crippen LogP contribution < -0.4 is 26.1 Å². The van der Waals surface area contributed by atoms with Crippen LogP contribution in [-0.4, -0.2) is 8.07 Å². The first-order chi connectivity index (χ1) is 13.4. The van der Waals surface area contributed by atoms with Crippen molar-refractivity contribution in [3.63, 3.8) is 0 Å². The van der Waals surface area contributed by atoms with Gasteiger partial charge in [0.1, 0.15) is 0 Å². The van der Waals surface area contributed by atoms with Gasteiger partial charge in [-0.2, -0.15) is 0 Å². The summed E-state index contributed by atoms with van der Waals surface area (Å²) >= 11 is 0. The predicted molar refractivity (Wildman–Crippen MR) is 120 cm³/mol. The van der Waals surface area contributed by atoms with Crippen molar-refractivity contribution in [2.45, 2.75) is 0 Å². The molecular weight excluding hydrogens is 363 g/mol. The molecule has 0 bridgehead atoms. The first kappa shape index (κ1) is 17.7. The van der Waals surface area contributed by atoms with Crippen molar-refractivity contribution in [1.29, 1.82) is 0 Å². The molecule has 0 aliphatic carbocycles. The van der Waals surface area contributed by atoms with E-state index in [1.54, 1.807) is 0 Å². The summed E-state index contributed by atoms with van der Waals surface area (Å²) in [5, 5.41) is 6.28. The summed E-state index contributed by atoms with van der Waals surface area (Å²) in [4.78, 5) is 0. The largest absolute Gasteiger partial charge is 0.325 e. The first-order valence-corrected chi connectivity index (χ1v) is 12.1. The van der Waals surface area contributed by atoms with Crippen LogP contribution in [0.3, 0.4) is 0 Å². The standard InChI is InChI=1S/C24H21OPSi/c25-26-20-16-18-24(19-17-20)27(21-10-4-1-5-11-21,22-12-6-2-7-13-22)23-14-8-3-9-15-23/h1-19H,26H2. The van der Waals surface area contributed by atoms with Gasteiger partial charge in [0.15, 0.2) is 8.07 Å². The monoisotopic (exact) mass is 384 g/mol. The maximum atomic E-state index is 11.4. The third kappa shape index (κ3) is 3.23. The topological polar surface area (TPSA) is 17.1 Å². The molecule has 0 heterocycles. The fourth-order valence-corrected chi connectivity index (χ4v) is 8.97. The Morgan fingerprint density at radius 1 is 0.444 bits per heavy atom. The van der Waals surface area contributed by atoms with E-state index in [2.05, 4.69) is 103 Å². The Bertz CT molecular complexity index is 920. The molecule has 0 aliphatic rings. The maximum absolute atomic E-state index is 11.4. The van der Waals surface area contributed by atoms with Gasteiger partial charge in [0.25, 0.3) is 0 Å². The van der Waals surface area contributed by atoms with Crippen LogP contribution in [-0.2, 0) is 4.57 Å². The second-order valence-electron chi connectivity index (χ2n) is 6.59. The van der Waals surface area contributed by atoms with E-state index < -0.39 is 16.5 Å². The fraction of sp³-hybridized carbons (Fsp3) is 0. The molecule has 27 heavy (non-hydrogen) atoms. The molecule has 4 aromatic carbocycles. The molecule has 0 aliphatic heterocycles. The minimum Gasteiger partial charge on any atom is -0.325 e. The SMILES string of the molecule is O=[PH2]c1ccc([Si](c2ccccc2)(c2ccccc2)c2ccccc2)cc1. The highest BCUT2D eigenvalue weighted by Gasteiger charge is 2.41. The van der Waals surface area contributed by atoms with Gasteiger partial charge in [-0.15, -0.1) is 0 Å². The highest BCUT2D eigenvalue weighted by atomic mass is 31.1. The molecule has 3 heteroatoms. The van der Waals surface area contributed by atoms with E-state index in [1.165, 1.54) is 20.7 Å². The Balaban J connectivity index is 2.10. The zero-order valence-electron chi connectivity index (χ0n) is 15.0. The van der Waals surface area contributed by atoms with E-state index in [0.717, 1.165) is 5.30 Å². The minimum atomic E-state index is -2.43. The lowest BCUT2D eigenvalue weighted by atomic mass is 10.3. The smallest absolute Gasteiger partial charge is 0.179 e. The number of benzene rings is 4. The molecule has 0 saturated heterocycles. The van der Waals surface area contributed by atoms with Gasteiger partial charge in [0, 0.05) is 5.30 Å². The van der Waals surface area contributed by atoms with Gasteiger partial charge >= 0.3 is 0 Å². The molecule has 0 saturated carbocycles. The number of rotatable bonds is 5. The van der Waals surface area contributed by atoms with Crippen molar-refractivity contribution in [2.24, 2.45) is 0 Å². The van der Waals surface area contributed by atoms with Gasteiger partial charge in [0.2, 0.25) is 0 Å². The van der Waals surface area contributed by atoms with Crippen LogP contribution in [0.5, 0.6) is 0 Å². The van der Waals surface area contributed by atoms with Crippen molar-refractivity contribution in [3.05, 3.63) is 115 Å². The molecule has 1 nitrogen and oxygen atoms in total. The van der Waals surface area contributed by atoms with Gasteiger partial charge < -0.3 is 4.57 Å². The van der Waals surface area contributed by atoms with E-state index in [9.17, 15) is 4.57 Å². The summed E-state index contributed by atoms with van der Waals surface area (Å²) in [5.74, 6) is 0. The molecule has 0 amide bonds. The lowest BCUT2D eigenvalue weighted by molar-refractivity contribution is 0.603. The van der Waals surface area contributed by atoms with Crippen LogP contribution in [0, 0.1) is 0 Å². The number of hydrogen-bond donors (Lipinski definition) is 0. The lowest BCUT2D eigenvalue weighted by Crippen LogP contribution is -2.74. The van der Waals surface area contributed by atoms with Crippen molar-refractivity contribution >= 4 is 42.6 Å². The van der Waals surface area contributed by atoms with Gasteiger partial charge in [0.05, 0.1) is 8.46 Å². The molecule has 0 spiro atoms. The lowest BCUT2D eigenvalue weighted by Gasteiger charge is -2.34. The Labute approximate surface area is 162 Å². The van der Waals surface area contributed by atoms with Crippen LogP contribution in [0.15, 0.2) is 115 Å². The average Bonchev–Trinajstić information content (AvgIpc) is 2.77. The second kappa shape index (κ2) is 7.92. The van der Waals surface area contributed by atoms with Crippen LogP contribution in [0.2, 0.25) is 0 Å². The molecule has 0 radical (unpaired) electrons. The molecule has 132 valence electrons. The third-order valence-electron chi connectivity index (χ3n) is 5.10. The highest BCUT2D eigenvalue weighted by Crippen LogP contribution is 2.09. The van der Waals surface area contributed by atoms with Crippen molar-refractivity contribution < 1.29 is 4.57 Å². The fourth-order valence-electron chi connectivity index (χ4n) is 3.88. The van der Waals surface area contributed by atoms with E-state index >= 15 is 0 Å². The quantitative estimate of drug-likeness (QED) is 0.293. The second-order valence-corrected chi connectivity index (χ2v) is 11.3. The van der Waals surface area contributed by atoms with Gasteiger partial charge in [-0.25, -0.2) is 0 Å². The Kier molecular flexibility index (Phi) is 5.20. The van der Waals surface area contributed by atoms with Crippen molar-refractivity contribution in [3.8, 4) is 0 Å².